The van der Waals surface area contributed by atoms with E-state index < -0.39 is 0 Å². The second kappa shape index (κ2) is 7.08. The van der Waals surface area contributed by atoms with Crippen molar-refractivity contribution in [3.8, 4) is 5.75 Å². The highest BCUT2D eigenvalue weighted by atomic mass is 35.5. The van der Waals surface area contributed by atoms with Crippen LogP contribution in [0.1, 0.15) is 6.92 Å². The average molecular weight is 311 g/mol. The average Bonchev–Trinajstić information content (AvgIpc) is 2.47. The number of aromatic nitrogens is 2. The number of hydrogen-bond acceptors (Lipinski definition) is 5. The number of nitrogens with zero attached hydrogens (tertiary/aromatic N) is 2. The third kappa shape index (κ3) is 3.95. The number of rotatable bonds is 6. The molecule has 0 aliphatic rings. The van der Waals surface area contributed by atoms with E-state index in [0.29, 0.717) is 23.2 Å². The third-order valence-electron chi connectivity index (χ3n) is 2.77. The maximum absolute atomic E-state index is 13.5. The molecule has 1 heterocycles. The molecule has 0 saturated carbocycles. The van der Waals surface area contributed by atoms with Crippen molar-refractivity contribution in [1.29, 1.82) is 0 Å². The van der Waals surface area contributed by atoms with E-state index in [-0.39, 0.29) is 17.7 Å². The van der Waals surface area contributed by atoms with Crippen LogP contribution in [-0.4, -0.2) is 29.7 Å². The molecule has 0 amide bonds. The SMILES string of the molecule is CNc1c(Cl)ncnc1NCC(C)Oc1ccccc1F. The molecule has 7 heteroatoms. The minimum atomic E-state index is -0.384. The lowest BCUT2D eigenvalue weighted by Crippen LogP contribution is -2.24. The van der Waals surface area contributed by atoms with Crippen molar-refractivity contribution < 1.29 is 9.13 Å². The Bertz CT molecular complexity index is 611. The van der Waals surface area contributed by atoms with Crippen LogP contribution >= 0.6 is 11.6 Å². The van der Waals surface area contributed by atoms with Gasteiger partial charge in [-0.25, -0.2) is 14.4 Å². The fourth-order valence-corrected chi connectivity index (χ4v) is 1.99. The van der Waals surface area contributed by atoms with Gasteiger partial charge in [-0.2, -0.15) is 0 Å². The van der Waals surface area contributed by atoms with Crippen LogP contribution < -0.4 is 15.4 Å². The van der Waals surface area contributed by atoms with E-state index in [2.05, 4.69) is 20.6 Å². The van der Waals surface area contributed by atoms with Crippen molar-refractivity contribution in [3.05, 3.63) is 41.6 Å². The molecule has 0 bridgehead atoms. The Morgan fingerprint density at radius 3 is 2.81 bits per heavy atom. The van der Waals surface area contributed by atoms with Gasteiger partial charge in [0.1, 0.15) is 18.1 Å². The van der Waals surface area contributed by atoms with E-state index in [4.69, 9.17) is 16.3 Å². The molecule has 0 fully saturated rings. The number of halogens is 2. The lowest BCUT2D eigenvalue weighted by Gasteiger charge is -2.17. The van der Waals surface area contributed by atoms with Gasteiger partial charge in [0.05, 0.1) is 6.54 Å². The lowest BCUT2D eigenvalue weighted by atomic mass is 10.3. The molecule has 0 radical (unpaired) electrons. The fourth-order valence-electron chi connectivity index (χ4n) is 1.76. The maximum atomic E-state index is 13.5. The maximum Gasteiger partial charge on any atom is 0.165 e. The quantitative estimate of drug-likeness (QED) is 0.802. The zero-order chi connectivity index (χ0) is 15.2. The number of benzene rings is 1. The standard InChI is InChI=1S/C14H16ClFN4O/c1-9(21-11-6-4-3-5-10(11)16)7-18-14-12(17-2)13(15)19-8-20-14/h3-6,8-9,17H,7H2,1-2H3,(H,18,19,20). The molecule has 0 spiro atoms. The summed E-state index contributed by atoms with van der Waals surface area (Å²) in [5.41, 5.74) is 0.609. The zero-order valence-corrected chi connectivity index (χ0v) is 12.5. The van der Waals surface area contributed by atoms with Gasteiger partial charge in [-0.3, -0.25) is 0 Å². The van der Waals surface area contributed by atoms with Gasteiger partial charge in [-0.1, -0.05) is 23.7 Å². The molecule has 5 nitrogen and oxygen atoms in total. The highest BCUT2D eigenvalue weighted by molar-refractivity contribution is 6.32. The summed E-state index contributed by atoms with van der Waals surface area (Å²) in [7, 11) is 1.73. The van der Waals surface area contributed by atoms with Crippen molar-refractivity contribution in [3.63, 3.8) is 0 Å². The summed E-state index contributed by atoms with van der Waals surface area (Å²) in [6, 6.07) is 6.29. The van der Waals surface area contributed by atoms with Gasteiger partial charge in [-0.05, 0) is 19.1 Å². The molecule has 0 aliphatic heterocycles. The first-order valence-electron chi connectivity index (χ1n) is 6.45. The molecule has 112 valence electrons. The van der Waals surface area contributed by atoms with Crippen molar-refractivity contribution in [2.45, 2.75) is 13.0 Å². The van der Waals surface area contributed by atoms with Gasteiger partial charge in [0.2, 0.25) is 0 Å². The normalized spacial score (nSPS) is 11.8. The van der Waals surface area contributed by atoms with Gasteiger partial charge >= 0.3 is 0 Å². The minimum Gasteiger partial charge on any atom is -0.486 e. The van der Waals surface area contributed by atoms with Crippen LogP contribution in [0.15, 0.2) is 30.6 Å². The van der Waals surface area contributed by atoms with Gasteiger partial charge in [0.25, 0.3) is 0 Å². The van der Waals surface area contributed by atoms with Gasteiger partial charge < -0.3 is 15.4 Å². The summed E-state index contributed by atoms with van der Waals surface area (Å²) in [6.07, 6.45) is 1.12. The summed E-state index contributed by atoms with van der Waals surface area (Å²) in [5.74, 6) is 0.410. The van der Waals surface area contributed by atoms with E-state index in [1.54, 1.807) is 25.2 Å². The molecule has 1 aromatic carbocycles. The smallest absolute Gasteiger partial charge is 0.165 e. The topological polar surface area (TPSA) is 59.1 Å². The molecule has 1 aromatic heterocycles. The minimum absolute atomic E-state index is 0.223. The predicted molar refractivity (Wildman–Crippen MR) is 81.6 cm³/mol. The fraction of sp³-hybridized carbons (Fsp3) is 0.286. The van der Waals surface area contributed by atoms with Crippen molar-refractivity contribution in [1.82, 2.24) is 9.97 Å². The second-order valence-corrected chi connectivity index (χ2v) is 4.74. The first kappa shape index (κ1) is 15.3. The Morgan fingerprint density at radius 1 is 1.33 bits per heavy atom. The first-order valence-corrected chi connectivity index (χ1v) is 6.83. The predicted octanol–water partition coefficient (Wildman–Crippen LogP) is 3.19. The van der Waals surface area contributed by atoms with E-state index in [0.717, 1.165) is 0 Å². The molecule has 2 aromatic rings. The Hall–Kier alpha value is -2.08. The summed E-state index contributed by atoms with van der Waals surface area (Å²) in [6.45, 7) is 2.28. The van der Waals surface area contributed by atoms with E-state index in [1.165, 1.54) is 12.4 Å². The summed E-state index contributed by atoms with van der Waals surface area (Å²) < 4.78 is 19.0. The monoisotopic (exact) mass is 310 g/mol. The highest BCUT2D eigenvalue weighted by Gasteiger charge is 2.11. The van der Waals surface area contributed by atoms with Crippen LogP contribution in [0.25, 0.3) is 0 Å². The number of hydrogen-bond donors (Lipinski definition) is 2. The van der Waals surface area contributed by atoms with E-state index in [9.17, 15) is 4.39 Å². The summed E-state index contributed by atoms with van der Waals surface area (Å²) in [4.78, 5) is 8.00. The molecular formula is C14H16ClFN4O. The van der Waals surface area contributed by atoms with Crippen LogP contribution in [0.5, 0.6) is 5.75 Å². The Morgan fingerprint density at radius 2 is 2.10 bits per heavy atom. The summed E-state index contributed by atoms with van der Waals surface area (Å²) >= 11 is 5.96. The van der Waals surface area contributed by atoms with Crippen LogP contribution in [-0.2, 0) is 0 Å². The zero-order valence-electron chi connectivity index (χ0n) is 11.7. The number of anilines is 2. The van der Waals surface area contributed by atoms with E-state index in [1.807, 2.05) is 6.92 Å². The molecule has 0 saturated heterocycles. The Kier molecular flexibility index (Phi) is 5.16. The third-order valence-corrected chi connectivity index (χ3v) is 3.06. The summed E-state index contributed by atoms with van der Waals surface area (Å²) in [5, 5.41) is 6.36. The van der Waals surface area contributed by atoms with Crippen molar-refractivity contribution >= 4 is 23.1 Å². The van der Waals surface area contributed by atoms with Gasteiger partial charge in [-0.15, -0.1) is 0 Å². The van der Waals surface area contributed by atoms with Crippen LogP contribution in [0.2, 0.25) is 5.15 Å². The molecule has 2 N–H and O–H groups in total. The van der Waals surface area contributed by atoms with Gasteiger partial charge in [0, 0.05) is 7.05 Å². The highest BCUT2D eigenvalue weighted by Crippen LogP contribution is 2.25. The van der Waals surface area contributed by atoms with Gasteiger partial charge in [0.15, 0.2) is 22.5 Å². The largest absolute Gasteiger partial charge is 0.486 e. The Balaban J connectivity index is 1.97. The Labute approximate surface area is 127 Å². The van der Waals surface area contributed by atoms with Crippen LogP contribution in [0.4, 0.5) is 15.9 Å². The van der Waals surface area contributed by atoms with Crippen molar-refractivity contribution in [2.75, 3.05) is 24.2 Å². The molecule has 2 rings (SSSR count). The lowest BCUT2D eigenvalue weighted by molar-refractivity contribution is 0.224. The molecule has 1 atom stereocenters. The molecule has 21 heavy (non-hydrogen) atoms. The number of para-hydroxylation sites is 1. The van der Waals surface area contributed by atoms with E-state index >= 15 is 0 Å². The molecule has 1 unspecified atom stereocenters. The second-order valence-electron chi connectivity index (χ2n) is 4.38. The first-order chi connectivity index (χ1) is 10.1. The van der Waals surface area contributed by atoms with Crippen molar-refractivity contribution in [2.24, 2.45) is 0 Å². The molecule has 0 aliphatic carbocycles. The number of nitrogens with one attached hydrogen (secondary N) is 2. The van der Waals surface area contributed by atoms with Crippen LogP contribution in [0.3, 0.4) is 0 Å². The molecular weight excluding hydrogens is 295 g/mol. The van der Waals surface area contributed by atoms with Crippen LogP contribution in [0, 0.1) is 5.82 Å². The number of ether oxygens (including phenoxy) is 1.